The Bertz CT molecular complexity index is 503. The normalized spacial score (nSPS) is 29.1. The van der Waals surface area contributed by atoms with Crippen LogP contribution < -0.4 is 5.32 Å². The van der Waals surface area contributed by atoms with Crippen molar-refractivity contribution in [3.8, 4) is 0 Å². The Kier molecular flexibility index (Phi) is 3.50. The van der Waals surface area contributed by atoms with Crippen LogP contribution in [0, 0.1) is 12.8 Å². The van der Waals surface area contributed by atoms with Crippen molar-refractivity contribution in [2.24, 2.45) is 5.92 Å². The van der Waals surface area contributed by atoms with Crippen LogP contribution in [-0.4, -0.2) is 34.6 Å². The van der Waals surface area contributed by atoms with Crippen molar-refractivity contribution in [3.05, 3.63) is 29.6 Å². The maximum atomic E-state index is 4.73. The molecule has 0 amide bonds. The zero-order chi connectivity index (χ0) is 14.3. The van der Waals surface area contributed by atoms with Crippen LogP contribution in [0.25, 0.3) is 0 Å². The number of aromatic nitrogens is 1. The van der Waals surface area contributed by atoms with E-state index < -0.39 is 0 Å². The van der Waals surface area contributed by atoms with E-state index in [0.717, 1.165) is 24.2 Å². The molecule has 21 heavy (non-hydrogen) atoms. The lowest BCUT2D eigenvalue weighted by atomic mass is 9.91. The number of nitrogens with one attached hydrogen (secondary N) is 1. The van der Waals surface area contributed by atoms with Crippen molar-refractivity contribution in [1.82, 2.24) is 15.2 Å². The highest BCUT2D eigenvalue weighted by Crippen LogP contribution is 2.40. The molecule has 1 N–H and O–H groups in total. The van der Waals surface area contributed by atoms with Crippen LogP contribution in [-0.2, 0) is 6.54 Å². The maximum absolute atomic E-state index is 4.73. The van der Waals surface area contributed by atoms with E-state index in [-0.39, 0.29) is 0 Å². The zero-order valence-corrected chi connectivity index (χ0v) is 13.1. The summed E-state index contributed by atoms with van der Waals surface area (Å²) in [6.45, 7) is 5.55. The number of hydrogen-bond acceptors (Lipinski definition) is 3. The summed E-state index contributed by atoms with van der Waals surface area (Å²) in [5, 5.41) is 3.93. The van der Waals surface area contributed by atoms with Gasteiger partial charge in [-0.05, 0) is 50.7 Å². The van der Waals surface area contributed by atoms with Gasteiger partial charge in [0.05, 0.1) is 5.69 Å². The Morgan fingerprint density at radius 2 is 2.10 bits per heavy atom. The number of aryl methyl sites for hydroxylation is 1. The molecule has 2 aliphatic carbocycles. The van der Waals surface area contributed by atoms with Gasteiger partial charge in [-0.1, -0.05) is 18.9 Å². The third-order valence-electron chi connectivity index (χ3n) is 5.70. The van der Waals surface area contributed by atoms with Crippen molar-refractivity contribution < 1.29 is 0 Å². The van der Waals surface area contributed by atoms with Gasteiger partial charge >= 0.3 is 0 Å². The Morgan fingerprint density at radius 1 is 1.29 bits per heavy atom. The standard InChI is InChI=1S/C18H27N3/c1-14-5-4-6-16(20-14)12-21-13-18(9-2-3-10-18)19-11-17(21)15-7-8-15/h4-6,15,17,19H,2-3,7-13H2,1H3. The molecule has 1 saturated heterocycles. The van der Waals surface area contributed by atoms with E-state index in [2.05, 4.69) is 35.3 Å². The first-order valence-electron chi connectivity index (χ1n) is 8.66. The molecule has 1 spiro atoms. The maximum Gasteiger partial charge on any atom is 0.0547 e. The predicted octanol–water partition coefficient (Wildman–Crippen LogP) is 2.89. The fraction of sp³-hybridized carbons (Fsp3) is 0.722. The summed E-state index contributed by atoms with van der Waals surface area (Å²) in [6, 6.07) is 7.17. The first-order valence-corrected chi connectivity index (χ1v) is 8.66. The highest BCUT2D eigenvalue weighted by Gasteiger charge is 2.45. The minimum Gasteiger partial charge on any atom is -0.308 e. The number of nitrogens with zero attached hydrogens (tertiary/aromatic N) is 2. The van der Waals surface area contributed by atoms with Gasteiger partial charge in [0, 0.05) is 36.9 Å². The molecule has 0 aromatic carbocycles. The lowest BCUT2D eigenvalue weighted by Gasteiger charge is -2.46. The molecule has 3 heteroatoms. The van der Waals surface area contributed by atoms with Crippen LogP contribution in [0.1, 0.15) is 49.9 Å². The van der Waals surface area contributed by atoms with Crippen LogP contribution in [0.4, 0.5) is 0 Å². The van der Waals surface area contributed by atoms with Crippen LogP contribution in [0.2, 0.25) is 0 Å². The van der Waals surface area contributed by atoms with Crippen LogP contribution in [0.5, 0.6) is 0 Å². The summed E-state index contributed by atoms with van der Waals surface area (Å²) in [5.41, 5.74) is 2.80. The first kappa shape index (κ1) is 13.7. The number of piperazine rings is 1. The quantitative estimate of drug-likeness (QED) is 0.925. The first-order chi connectivity index (χ1) is 10.2. The molecule has 3 fully saturated rings. The summed E-state index contributed by atoms with van der Waals surface area (Å²) in [5.74, 6) is 0.932. The molecule has 114 valence electrons. The van der Waals surface area contributed by atoms with Crippen molar-refractivity contribution in [2.45, 2.75) is 63.6 Å². The molecule has 1 unspecified atom stereocenters. The van der Waals surface area contributed by atoms with Gasteiger partial charge < -0.3 is 5.32 Å². The number of hydrogen-bond donors (Lipinski definition) is 1. The van der Waals surface area contributed by atoms with E-state index in [4.69, 9.17) is 4.98 Å². The van der Waals surface area contributed by atoms with Gasteiger partial charge in [-0.15, -0.1) is 0 Å². The molecule has 0 bridgehead atoms. The minimum absolute atomic E-state index is 0.412. The topological polar surface area (TPSA) is 28.2 Å². The van der Waals surface area contributed by atoms with Gasteiger partial charge in [0.1, 0.15) is 0 Å². The molecule has 4 rings (SSSR count). The second-order valence-electron chi connectivity index (χ2n) is 7.45. The second-order valence-corrected chi connectivity index (χ2v) is 7.45. The Balaban J connectivity index is 1.53. The zero-order valence-electron chi connectivity index (χ0n) is 13.1. The van der Waals surface area contributed by atoms with Crippen molar-refractivity contribution >= 4 is 0 Å². The van der Waals surface area contributed by atoms with E-state index in [1.807, 2.05) is 0 Å². The third kappa shape index (κ3) is 2.86. The monoisotopic (exact) mass is 285 g/mol. The average molecular weight is 285 g/mol. The lowest BCUT2D eigenvalue weighted by molar-refractivity contribution is 0.0617. The molecule has 1 aliphatic heterocycles. The van der Waals surface area contributed by atoms with E-state index in [9.17, 15) is 0 Å². The molecule has 1 atom stereocenters. The highest BCUT2D eigenvalue weighted by molar-refractivity contribution is 5.12. The summed E-state index contributed by atoms with van der Waals surface area (Å²) < 4.78 is 0. The number of pyridine rings is 1. The molecule has 1 aromatic rings. The van der Waals surface area contributed by atoms with Crippen molar-refractivity contribution in [1.29, 1.82) is 0 Å². The Hall–Kier alpha value is -0.930. The van der Waals surface area contributed by atoms with E-state index in [1.54, 1.807) is 0 Å². The average Bonchev–Trinajstić information content (AvgIpc) is 3.21. The van der Waals surface area contributed by atoms with Gasteiger partial charge in [-0.3, -0.25) is 9.88 Å². The molecule has 1 aromatic heterocycles. The molecule has 2 saturated carbocycles. The van der Waals surface area contributed by atoms with Crippen molar-refractivity contribution in [3.63, 3.8) is 0 Å². The molecule has 2 heterocycles. The van der Waals surface area contributed by atoms with E-state index >= 15 is 0 Å². The predicted molar refractivity (Wildman–Crippen MR) is 85.1 cm³/mol. The molecule has 3 aliphatic rings. The van der Waals surface area contributed by atoms with E-state index in [0.29, 0.717) is 5.54 Å². The van der Waals surface area contributed by atoms with Crippen molar-refractivity contribution in [2.75, 3.05) is 13.1 Å². The summed E-state index contributed by atoms with van der Waals surface area (Å²) in [6.07, 6.45) is 8.38. The number of rotatable bonds is 3. The molecule has 0 radical (unpaired) electrons. The Morgan fingerprint density at radius 3 is 2.81 bits per heavy atom. The minimum atomic E-state index is 0.412. The smallest absolute Gasteiger partial charge is 0.0547 e. The fourth-order valence-corrected chi connectivity index (χ4v) is 4.41. The molecule has 3 nitrogen and oxygen atoms in total. The summed E-state index contributed by atoms with van der Waals surface area (Å²) in [7, 11) is 0. The summed E-state index contributed by atoms with van der Waals surface area (Å²) in [4.78, 5) is 7.49. The second kappa shape index (κ2) is 5.36. The SMILES string of the molecule is Cc1cccc(CN2CC3(CCCC3)NCC2C2CC2)n1. The molecular weight excluding hydrogens is 258 g/mol. The van der Waals surface area contributed by atoms with Gasteiger partial charge in [-0.2, -0.15) is 0 Å². The largest absolute Gasteiger partial charge is 0.308 e. The van der Waals surface area contributed by atoms with Crippen LogP contribution in [0.3, 0.4) is 0 Å². The van der Waals surface area contributed by atoms with Crippen LogP contribution >= 0.6 is 0 Å². The van der Waals surface area contributed by atoms with Gasteiger partial charge in [0.2, 0.25) is 0 Å². The van der Waals surface area contributed by atoms with Gasteiger partial charge in [-0.25, -0.2) is 0 Å². The van der Waals surface area contributed by atoms with Crippen LogP contribution in [0.15, 0.2) is 18.2 Å². The van der Waals surface area contributed by atoms with Gasteiger partial charge in [0.25, 0.3) is 0 Å². The lowest BCUT2D eigenvalue weighted by Crippen LogP contribution is -2.63. The summed E-state index contributed by atoms with van der Waals surface area (Å²) >= 11 is 0. The van der Waals surface area contributed by atoms with Gasteiger partial charge in [0.15, 0.2) is 0 Å². The highest BCUT2D eigenvalue weighted by atomic mass is 15.3. The third-order valence-corrected chi connectivity index (χ3v) is 5.70. The van der Waals surface area contributed by atoms with E-state index in [1.165, 1.54) is 57.3 Å². The Labute approximate surface area is 128 Å². The fourth-order valence-electron chi connectivity index (χ4n) is 4.41. The molecular formula is C18H27N3.